The molecule has 5 heteroatoms. The van der Waals surface area contributed by atoms with Crippen LogP contribution in [-0.2, 0) is 14.3 Å². The molecule has 1 amide bonds. The summed E-state index contributed by atoms with van der Waals surface area (Å²) < 4.78 is 10.1. The third-order valence-corrected chi connectivity index (χ3v) is 2.36. The van der Waals surface area contributed by atoms with E-state index in [0.717, 1.165) is 6.54 Å². The molecule has 16 heavy (non-hydrogen) atoms. The smallest absolute Gasteiger partial charge is 0.239 e. The molecule has 0 aromatic rings. The van der Waals surface area contributed by atoms with Crippen molar-refractivity contribution in [1.82, 2.24) is 10.6 Å². The second kappa shape index (κ2) is 7.60. The average molecular weight is 232 g/mol. The van der Waals surface area contributed by atoms with Crippen LogP contribution in [0.3, 0.4) is 0 Å². The Hall–Kier alpha value is -0.650. The fraction of sp³-hybridized carbons (Fsp3) is 0.909. The molecule has 0 saturated heterocycles. The number of hydrogen-bond donors (Lipinski definition) is 2. The number of carbonyl (C=O) groups is 1. The Bertz CT molecular complexity index is 207. The molecule has 0 aliphatic heterocycles. The van der Waals surface area contributed by atoms with Crippen LogP contribution in [0.25, 0.3) is 0 Å². The van der Waals surface area contributed by atoms with Gasteiger partial charge in [-0.1, -0.05) is 6.92 Å². The minimum Gasteiger partial charge on any atom is -0.382 e. The number of methoxy groups -OCH3 is 2. The maximum absolute atomic E-state index is 11.8. The van der Waals surface area contributed by atoms with Gasteiger partial charge in [0, 0.05) is 20.8 Å². The summed E-state index contributed by atoms with van der Waals surface area (Å²) in [4.78, 5) is 11.8. The van der Waals surface area contributed by atoms with Crippen LogP contribution in [-0.4, -0.2) is 51.5 Å². The van der Waals surface area contributed by atoms with E-state index in [1.54, 1.807) is 14.2 Å². The van der Waals surface area contributed by atoms with Crippen LogP contribution in [0.2, 0.25) is 0 Å². The number of rotatable bonds is 8. The largest absolute Gasteiger partial charge is 0.382 e. The lowest BCUT2D eigenvalue weighted by molar-refractivity contribution is -0.127. The van der Waals surface area contributed by atoms with Gasteiger partial charge in [-0.25, -0.2) is 0 Å². The molecule has 1 atom stereocenters. The first kappa shape index (κ1) is 15.3. The zero-order chi connectivity index (χ0) is 12.6. The summed E-state index contributed by atoms with van der Waals surface area (Å²) in [5, 5.41) is 5.95. The van der Waals surface area contributed by atoms with Gasteiger partial charge in [0.15, 0.2) is 0 Å². The molecule has 5 nitrogen and oxygen atoms in total. The number of likely N-dealkylation sites (N-methyl/N-ethyl adjacent to an activating group) is 1. The highest BCUT2D eigenvalue weighted by atomic mass is 16.5. The summed E-state index contributed by atoms with van der Waals surface area (Å²) in [5.41, 5.74) is -0.555. The zero-order valence-electron chi connectivity index (χ0n) is 10.9. The van der Waals surface area contributed by atoms with Crippen molar-refractivity contribution < 1.29 is 14.3 Å². The predicted octanol–water partition coefficient (Wildman–Crippen LogP) is 0.152. The zero-order valence-corrected chi connectivity index (χ0v) is 10.9. The van der Waals surface area contributed by atoms with E-state index in [4.69, 9.17) is 9.47 Å². The fourth-order valence-electron chi connectivity index (χ4n) is 1.35. The van der Waals surface area contributed by atoms with Crippen LogP contribution in [0.4, 0.5) is 0 Å². The van der Waals surface area contributed by atoms with Crippen molar-refractivity contribution in [3.05, 3.63) is 0 Å². The first-order valence-electron chi connectivity index (χ1n) is 5.53. The maximum Gasteiger partial charge on any atom is 0.239 e. The van der Waals surface area contributed by atoms with Crippen molar-refractivity contribution in [1.29, 1.82) is 0 Å². The topological polar surface area (TPSA) is 59.6 Å². The van der Waals surface area contributed by atoms with Gasteiger partial charge in [0.1, 0.15) is 0 Å². The summed E-state index contributed by atoms with van der Waals surface area (Å²) in [6.45, 7) is 7.36. The Labute approximate surface area is 97.9 Å². The van der Waals surface area contributed by atoms with Gasteiger partial charge in [-0.2, -0.15) is 0 Å². The molecule has 0 bridgehead atoms. The molecule has 0 saturated carbocycles. The van der Waals surface area contributed by atoms with Crippen molar-refractivity contribution in [3.63, 3.8) is 0 Å². The van der Waals surface area contributed by atoms with E-state index in [2.05, 4.69) is 10.6 Å². The summed E-state index contributed by atoms with van der Waals surface area (Å²) in [5.74, 6) is -0.0347. The monoisotopic (exact) mass is 232 g/mol. The van der Waals surface area contributed by atoms with Crippen molar-refractivity contribution in [2.24, 2.45) is 0 Å². The van der Waals surface area contributed by atoms with Crippen molar-refractivity contribution in [3.8, 4) is 0 Å². The summed E-state index contributed by atoms with van der Waals surface area (Å²) in [7, 11) is 3.21. The van der Waals surface area contributed by atoms with E-state index < -0.39 is 5.54 Å². The van der Waals surface area contributed by atoms with E-state index in [-0.39, 0.29) is 12.0 Å². The Balaban J connectivity index is 4.04. The Kier molecular flexibility index (Phi) is 7.29. The Morgan fingerprint density at radius 3 is 2.44 bits per heavy atom. The molecule has 0 aliphatic carbocycles. The molecule has 0 rings (SSSR count). The van der Waals surface area contributed by atoms with Crippen molar-refractivity contribution in [2.45, 2.75) is 32.4 Å². The van der Waals surface area contributed by atoms with Crippen LogP contribution < -0.4 is 10.6 Å². The highest BCUT2D eigenvalue weighted by Gasteiger charge is 2.26. The fourth-order valence-corrected chi connectivity index (χ4v) is 1.35. The second-order valence-corrected chi connectivity index (χ2v) is 4.18. The molecule has 0 aromatic carbocycles. The van der Waals surface area contributed by atoms with E-state index in [9.17, 15) is 4.79 Å². The summed E-state index contributed by atoms with van der Waals surface area (Å²) in [6.07, 6.45) is -0.105. The lowest BCUT2D eigenvalue weighted by atomic mass is 10.0. The molecule has 0 radical (unpaired) electrons. The number of amides is 1. The molecule has 2 N–H and O–H groups in total. The maximum atomic E-state index is 11.8. The molecule has 0 aromatic heterocycles. The van der Waals surface area contributed by atoms with Crippen molar-refractivity contribution >= 4 is 5.91 Å². The van der Waals surface area contributed by atoms with Gasteiger partial charge in [0.2, 0.25) is 5.91 Å². The number of ether oxygens (including phenoxy) is 2. The molecule has 0 spiro atoms. The molecular weight excluding hydrogens is 208 g/mol. The SMILES string of the molecule is CCNC(C)(C)C(=O)NCC(COC)OC. The van der Waals surface area contributed by atoms with Gasteiger partial charge in [-0.15, -0.1) is 0 Å². The lowest BCUT2D eigenvalue weighted by Crippen LogP contribution is -2.54. The van der Waals surface area contributed by atoms with Crippen LogP contribution in [0.15, 0.2) is 0 Å². The van der Waals surface area contributed by atoms with Crippen molar-refractivity contribution in [2.75, 3.05) is 33.9 Å². The van der Waals surface area contributed by atoms with E-state index in [1.807, 2.05) is 20.8 Å². The molecule has 0 aliphatic rings. The van der Waals surface area contributed by atoms with Gasteiger partial charge in [-0.05, 0) is 20.4 Å². The first-order chi connectivity index (χ1) is 7.47. The molecule has 0 fully saturated rings. The highest BCUT2D eigenvalue weighted by molar-refractivity contribution is 5.85. The van der Waals surface area contributed by atoms with Gasteiger partial charge in [-0.3, -0.25) is 4.79 Å². The third-order valence-electron chi connectivity index (χ3n) is 2.36. The summed E-state index contributed by atoms with van der Waals surface area (Å²) >= 11 is 0. The standard InChI is InChI=1S/C11H24N2O3/c1-6-13-11(2,3)10(14)12-7-9(16-5)8-15-4/h9,13H,6-8H2,1-5H3,(H,12,14). The van der Waals surface area contributed by atoms with Gasteiger partial charge >= 0.3 is 0 Å². The van der Waals surface area contributed by atoms with Crippen LogP contribution in [0.1, 0.15) is 20.8 Å². The van der Waals surface area contributed by atoms with Crippen LogP contribution in [0, 0.1) is 0 Å². The molecule has 96 valence electrons. The average Bonchev–Trinajstić information content (AvgIpc) is 2.23. The number of hydrogen-bond acceptors (Lipinski definition) is 4. The Morgan fingerprint density at radius 1 is 1.38 bits per heavy atom. The molecule has 0 heterocycles. The van der Waals surface area contributed by atoms with E-state index in [0.29, 0.717) is 13.2 Å². The number of carbonyl (C=O) groups excluding carboxylic acids is 1. The van der Waals surface area contributed by atoms with Gasteiger partial charge in [0.25, 0.3) is 0 Å². The first-order valence-corrected chi connectivity index (χ1v) is 5.53. The Morgan fingerprint density at radius 2 is 2.00 bits per heavy atom. The normalized spacial score (nSPS) is 13.6. The van der Waals surface area contributed by atoms with Crippen LogP contribution >= 0.6 is 0 Å². The number of nitrogens with one attached hydrogen (secondary N) is 2. The molecule has 1 unspecified atom stereocenters. The van der Waals surface area contributed by atoms with E-state index in [1.165, 1.54) is 0 Å². The minimum atomic E-state index is -0.555. The lowest BCUT2D eigenvalue weighted by Gasteiger charge is -2.25. The second-order valence-electron chi connectivity index (χ2n) is 4.18. The third kappa shape index (κ3) is 5.44. The highest BCUT2D eigenvalue weighted by Crippen LogP contribution is 2.01. The van der Waals surface area contributed by atoms with Gasteiger partial charge < -0.3 is 20.1 Å². The van der Waals surface area contributed by atoms with E-state index >= 15 is 0 Å². The summed E-state index contributed by atoms with van der Waals surface area (Å²) in [6, 6.07) is 0. The quantitative estimate of drug-likeness (QED) is 0.625. The van der Waals surface area contributed by atoms with Crippen LogP contribution in [0.5, 0.6) is 0 Å². The minimum absolute atomic E-state index is 0.0347. The molecular formula is C11H24N2O3. The van der Waals surface area contributed by atoms with Gasteiger partial charge in [0.05, 0.1) is 18.2 Å². The predicted molar refractivity (Wildman–Crippen MR) is 63.4 cm³/mol.